The van der Waals surface area contributed by atoms with Gasteiger partial charge in [-0.05, 0) is 6.42 Å². The van der Waals surface area contributed by atoms with Gasteiger partial charge in [-0.15, -0.1) is 12.6 Å². The Kier molecular flexibility index (Phi) is 5.31. The van der Waals surface area contributed by atoms with E-state index in [-0.39, 0.29) is 6.61 Å². The van der Waals surface area contributed by atoms with Crippen LogP contribution >= 0.6 is 12.6 Å². The zero-order valence-corrected chi connectivity index (χ0v) is 9.51. The van der Waals surface area contributed by atoms with E-state index in [1.807, 2.05) is 6.92 Å². The average Bonchev–Trinajstić information content (AvgIpc) is 2.23. The molecule has 0 aromatic rings. The number of aliphatic hydroxyl groups excluding tert-OH is 3. The molecule has 0 radical (unpaired) electrons. The van der Waals surface area contributed by atoms with Crippen molar-refractivity contribution in [2.24, 2.45) is 0 Å². The first-order valence-corrected chi connectivity index (χ1v) is 5.55. The highest BCUT2D eigenvalue weighted by atomic mass is 32.1. The van der Waals surface area contributed by atoms with Crippen molar-refractivity contribution in [1.82, 2.24) is 0 Å². The van der Waals surface area contributed by atoms with Crippen LogP contribution in [0.1, 0.15) is 13.3 Å². The highest BCUT2D eigenvalue weighted by molar-refractivity contribution is 7.80. The van der Waals surface area contributed by atoms with E-state index in [0.29, 0.717) is 6.61 Å². The smallest absolute Gasteiger partial charge is 0.129 e. The topological polar surface area (TPSA) is 79.2 Å². The molecule has 0 saturated carbocycles. The van der Waals surface area contributed by atoms with Crippen LogP contribution in [0.5, 0.6) is 0 Å². The van der Waals surface area contributed by atoms with Crippen LogP contribution in [0.4, 0.5) is 0 Å². The Balaban J connectivity index is 2.58. The van der Waals surface area contributed by atoms with Gasteiger partial charge in [-0.25, -0.2) is 0 Å². The van der Waals surface area contributed by atoms with Crippen LogP contribution in [0.2, 0.25) is 0 Å². The molecule has 0 aromatic carbocycles. The van der Waals surface area contributed by atoms with Gasteiger partial charge in [0.25, 0.3) is 0 Å². The maximum absolute atomic E-state index is 9.72. The van der Waals surface area contributed by atoms with Crippen molar-refractivity contribution in [3.63, 3.8) is 0 Å². The minimum absolute atomic E-state index is 0.351. The molecule has 15 heavy (non-hydrogen) atoms. The van der Waals surface area contributed by atoms with Crippen LogP contribution in [0.25, 0.3) is 0 Å². The van der Waals surface area contributed by atoms with E-state index in [9.17, 15) is 10.2 Å². The fourth-order valence-electron chi connectivity index (χ4n) is 1.51. The number of aliphatic hydroxyl groups is 3. The van der Waals surface area contributed by atoms with Gasteiger partial charge >= 0.3 is 0 Å². The van der Waals surface area contributed by atoms with Crippen molar-refractivity contribution in [3.8, 4) is 0 Å². The normalized spacial score (nSPS) is 41.8. The predicted molar refractivity (Wildman–Crippen MR) is 56.8 cm³/mol. The molecule has 1 fully saturated rings. The Hall–Kier alpha value is 0.150. The van der Waals surface area contributed by atoms with Gasteiger partial charge in [0.1, 0.15) is 29.9 Å². The second-order valence-electron chi connectivity index (χ2n) is 3.56. The van der Waals surface area contributed by atoms with Gasteiger partial charge in [-0.2, -0.15) is 0 Å². The molecule has 0 aliphatic carbocycles. The Morgan fingerprint density at radius 1 is 1.33 bits per heavy atom. The third-order valence-corrected chi connectivity index (χ3v) is 2.77. The molecule has 0 unspecified atom stereocenters. The summed E-state index contributed by atoms with van der Waals surface area (Å²) < 4.78 is 10.5. The Labute approximate surface area is 94.4 Å². The third kappa shape index (κ3) is 3.05. The van der Waals surface area contributed by atoms with E-state index < -0.39 is 29.9 Å². The summed E-state index contributed by atoms with van der Waals surface area (Å²) in [6.45, 7) is 2.06. The van der Waals surface area contributed by atoms with Gasteiger partial charge < -0.3 is 24.8 Å². The first-order chi connectivity index (χ1) is 7.11. The molecule has 1 heterocycles. The largest absolute Gasteiger partial charge is 0.394 e. The van der Waals surface area contributed by atoms with Gasteiger partial charge in [-0.3, -0.25) is 0 Å². The summed E-state index contributed by atoms with van der Waals surface area (Å²) in [4.78, 5) is 0. The second-order valence-corrected chi connectivity index (χ2v) is 4.07. The average molecular weight is 238 g/mol. The van der Waals surface area contributed by atoms with Crippen molar-refractivity contribution in [3.05, 3.63) is 0 Å². The SMILES string of the molecule is CCCO[C@@H]1[C@@H](O)[C@@H](O)[C@@H](CO)O[C@H]1S. The van der Waals surface area contributed by atoms with Crippen molar-refractivity contribution >= 4 is 12.6 Å². The van der Waals surface area contributed by atoms with Crippen LogP contribution in [-0.4, -0.2) is 58.4 Å². The fourth-order valence-corrected chi connectivity index (χ4v) is 1.92. The van der Waals surface area contributed by atoms with E-state index in [2.05, 4.69) is 12.6 Å². The Bertz CT molecular complexity index is 191. The lowest BCUT2D eigenvalue weighted by Crippen LogP contribution is -2.57. The van der Waals surface area contributed by atoms with Crippen LogP contribution in [-0.2, 0) is 9.47 Å². The molecule has 5 nitrogen and oxygen atoms in total. The van der Waals surface area contributed by atoms with Gasteiger partial charge in [0.05, 0.1) is 6.61 Å². The van der Waals surface area contributed by atoms with Crippen LogP contribution in [0.15, 0.2) is 0 Å². The molecule has 1 rings (SSSR count). The highest BCUT2D eigenvalue weighted by Gasteiger charge is 2.43. The molecule has 0 amide bonds. The van der Waals surface area contributed by atoms with Crippen molar-refractivity contribution < 1.29 is 24.8 Å². The Morgan fingerprint density at radius 2 is 2.00 bits per heavy atom. The van der Waals surface area contributed by atoms with E-state index in [4.69, 9.17) is 14.6 Å². The lowest BCUT2D eigenvalue weighted by atomic mass is 10.0. The zero-order valence-electron chi connectivity index (χ0n) is 8.61. The van der Waals surface area contributed by atoms with E-state index in [0.717, 1.165) is 6.42 Å². The molecule has 1 aliphatic heterocycles. The van der Waals surface area contributed by atoms with Crippen molar-refractivity contribution in [2.75, 3.05) is 13.2 Å². The second kappa shape index (κ2) is 6.03. The zero-order chi connectivity index (χ0) is 11.4. The third-order valence-electron chi connectivity index (χ3n) is 2.36. The standard InChI is InChI=1S/C9H18O5S/c1-2-3-13-8-7(12)6(11)5(4-10)14-9(8)15/h5-12,15H,2-4H2,1H3/t5-,6+,7+,8-,9+/m1/s1. The number of thiol groups is 1. The summed E-state index contributed by atoms with van der Waals surface area (Å²) in [5.74, 6) is 0. The summed E-state index contributed by atoms with van der Waals surface area (Å²) in [7, 11) is 0. The van der Waals surface area contributed by atoms with Gasteiger partial charge in [0.15, 0.2) is 0 Å². The number of hydrogen-bond acceptors (Lipinski definition) is 6. The lowest BCUT2D eigenvalue weighted by molar-refractivity contribution is -0.218. The predicted octanol–water partition coefficient (Wildman–Crippen LogP) is -0.850. The molecule has 0 bridgehead atoms. The van der Waals surface area contributed by atoms with E-state index in [1.54, 1.807) is 0 Å². The first-order valence-electron chi connectivity index (χ1n) is 5.04. The lowest BCUT2D eigenvalue weighted by Gasteiger charge is -2.40. The van der Waals surface area contributed by atoms with Crippen LogP contribution in [0, 0.1) is 0 Å². The number of rotatable bonds is 4. The van der Waals surface area contributed by atoms with Crippen LogP contribution < -0.4 is 0 Å². The minimum Gasteiger partial charge on any atom is -0.394 e. The molecule has 3 N–H and O–H groups in total. The van der Waals surface area contributed by atoms with Crippen LogP contribution in [0.3, 0.4) is 0 Å². The maximum Gasteiger partial charge on any atom is 0.129 e. The van der Waals surface area contributed by atoms with Crippen molar-refractivity contribution in [1.29, 1.82) is 0 Å². The summed E-state index contributed by atoms with van der Waals surface area (Å²) in [5.41, 5.74) is -0.632. The highest BCUT2D eigenvalue weighted by Crippen LogP contribution is 2.25. The molecule has 0 spiro atoms. The summed E-state index contributed by atoms with van der Waals surface area (Å²) in [6, 6.07) is 0. The summed E-state index contributed by atoms with van der Waals surface area (Å²) in [6.07, 6.45) is -2.87. The van der Waals surface area contributed by atoms with E-state index >= 15 is 0 Å². The molecular formula is C9H18O5S. The summed E-state index contributed by atoms with van der Waals surface area (Å²) >= 11 is 4.11. The maximum atomic E-state index is 9.72. The van der Waals surface area contributed by atoms with E-state index in [1.165, 1.54) is 0 Å². The molecule has 1 aliphatic rings. The molecule has 90 valence electrons. The Morgan fingerprint density at radius 3 is 2.53 bits per heavy atom. The monoisotopic (exact) mass is 238 g/mol. The summed E-state index contributed by atoms with van der Waals surface area (Å²) in [5, 5.41) is 28.2. The molecule has 5 atom stereocenters. The quantitative estimate of drug-likeness (QED) is 0.480. The number of hydrogen-bond donors (Lipinski definition) is 4. The molecule has 1 saturated heterocycles. The molecule has 0 aromatic heterocycles. The van der Waals surface area contributed by atoms with Gasteiger partial charge in [0, 0.05) is 6.61 Å². The van der Waals surface area contributed by atoms with Gasteiger partial charge in [0.2, 0.25) is 0 Å². The number of ether oxygens (including phenoxy) is 2. The molecule has 6 heteroatoms. The minimum atomic E-state index is -1.14. The van der Waals surface area contributed by atoms with Crippen molar-refractivity contribution in [2.45, 2.75) is 43.2 Å². The molecular weight excluding hydrogens is 220 g/mol. The first kappa shape index (κ1) is 13.2. The fraction of sp³-hybridized carbons (Fsp3) is 1.00. The van der Waals surface area contributed by atoms with Gasteiger partial charge in [-0.1, -0.05) is 6.92 Å².